The van der Waals surface area contributed by atoms with E-state index in [0.717, 1.165) is 41.3 Å². The Morgan fingerprint density at radius 3 is 2.52 bits per heavy atom. The average molecular weight is 311 g/mol. The third-order valence-electron chi connectivity index (χ3n) is 4.43. The second kappa shape index (κ2) is 5.26. The third-order valence-corrected chi connectivity index (χ3v) is 4.43. The minimum absolute atomic E-state index is 0.0762. The van der Waals surface area contributed by atoms with Gasteiger partial charge in [-0.15, -0.1) is 10.2 Å². The molecule has 1 aromatic heterocycles. The van der Waals surface area contributed by atoms with Crippen LogP contribution in [-0.2, 0) is 6.42 Å². The van der Waals surface area contributed by atoms with Gasteiger partial charge in [0.1, 0.15) is 23.3 Å². The van der Waals surface area contributed by atoms with Crippen LogP contribution < -0.4 is 0 Å². The average Bonchev–Trinajstić information content (AvgIpc) is 2.82. The van der Waals surface area contributed by atoms with Gasteiger partial charge in [-0.05, 0) is 48.7 Å². The van der Waals surface area contributed by atoms with E-state index in [1.807, 2.05) is 17.6 Å². The monoisotopic (exact) mass is 311 g/mol. The summed E-state index contributed by atoms with van der Waals surface area (Å²) in [4.78, 5) is 0. The van der Waals surface area contributed by atoms with Crippen molar-refractivity contribution in [1.82, 2.24) is 14.8 Å². The molecule has 0 bridgehead atoms. The number of halogens is 2. The van der Waals surface area contributed by atoms with Crippen molar-refractivity contribution >= 4 is 0 Å². The molecule has 0 aliphatic carbocycles. The maximum absolute atomic E-state index is 13.8. The van der Waals surface area contributed by atoms with Crippen LogP contribution in [0.15, 0.2) is 42.5 Å². The molecule has 0 saturated heterocycles. The van der Waals surface area contributed by atoms with Gasteiger partial charge in [-0.1, -0.05) is 18.2 Å². The minimum Gasteiger partial charge on any atom is -0.283 e. The summed E-state index contributed by atoms with van der Waals surface area (Å²) in [5.41, 5.74) is 2.81. The lowest BCUT2D eigenvalue weighted by Crippen LogP contribution is -2.06. The van der Waals surface area contributed by atoms with E-state index in [1.165, 1.54) is 24.3 Å². The Morgan fingerprint density at radius 2 is 1.74 bits per heavy atom. The van der Waals surface area contributed by atoms with Crippen molar-refractivity contribution in [2.24, 2.45) is 0 Å². The molecule has 1 aliphatic heterocycles. The molecule has 4 rings (SSSR count). The zero-order valence-electron chi connectivity index (χ0n) is 12.6. The molecule has 0 unspecified atom stereocenters. The fourth-order valence-corrected chi connectivity index (χ4v) is 3.36. The van der Waals surface area contributed by atoms with Gasteiger partial charge in [0.25, 0.3) is 0 Å². The molecule has 2 aromatic carbocycles. The summed E-state index contributed by atoms with van der Waals surface area (Å²) in [6.07, 6.45) is 1.56. The van der Waals surface area contributed by atoms with Gasteiger partial charge >= 0.3 is 0 Å². The van der Waals surface area contributed by atoms with Crippen molar-refractivity contribution in [1.29, 1.82) is 0 Å². The summed E-state index contributed by atoms with van der Waals surface area (Å²) in [5.74, 6) is 1.11. The highest BCUT2D eigenvalue weighted by atomic mass is 19.1. The smallest absolute Gasteiger partial charge is 0.137 e. The normalized spacial score (nSPS) is 16.6. The number of fused-ring (bicyclic) bond motifs is 3. The van der Waals surface area contributed by atoms with Gasteiger partial charge in [-0.25, -0.2) is 8.78 Å². The van der Waals surface area contributed by atoms with Crippen molar-refractivity contribution in [3.63, 3.8) is 0 Å². The number of nitrogens with zero attached hydrogens (tertiary/aromatic N) is 3. The van der Waals surface area contributed by atoms with Gasteiger partial charge in [0.2, 0.25) is 0 Å². The number of benzene rings is 2. The van der Waals surface area contributed by atoms with E-state index in [2.05, 4.69) is 10.2 Å². The van der Waals surface area contributed by atoms with Gasteiger partial charge in [0, 0.05) is 12.3 Å². The molecule has 3 nitrogen and oxygen atoms in total. The van der Waals surface area contributed by atoms with Crippen LogP contribution in [0, 0.1) is 18.6 Å². The van der Waals surface area contributed by atoms with Gasteiger partial charge in [-0.3, -0.25) is 4.57 Å². The van der Waals surface area contributed by atoms with E-state index >= 15 is 0 Å². The van der Waals surface area contributed by atoms with Crippen LogP contribution in [0.5, 0.6) is 0 Å². The van der Waals surface area contributed by atoms with Crippen LogP contribution in [0.3, 0.4) is 0 Å². The van der Waals surface area contributed by atoms with E-state index < -0.39 is 0 Å². The Bertz CT molecular complexity index is 868. The molecule has 3 aromatic rings. The molecular formula is C18H15F2N3. The molecule has 2 heterocycles. The highest BCUT2D eigenvalue weighted by Crippen LogP contribution is 2.37. The molecule has 0 saturated carbocycles. The first-order chi connectivity index (χ1) is 11.1. The Balaban J connectivity index is 1.92. The van der Waals surface area contributed by atoms with Gasteiger partial charge in [0.05, 0.1) is 5.69 Å². The second-order valence-corrected chi connectivity index (χ2v) is 5.84. The van der Waals surface area contributed by atoms with Crippen LogP contribution in [0.25, 0.3) is 5.69 Å². The topological polar surface area (TPSA) is 30.7 Å². The molecule has 0 spiro atoms. The lowest BCUT2D eigenvalue weighted by molar-refractivity contribution is 0.623. The highest BCUT2D eigenvalue weighted by molar-refractivity contribution is 5.50. The van der Waals surface area contributed by atoms with Crippen molar-refractivity contribution in [2.75, 3.05) is 0 Å². The zero-order valence-corrected chi connectivity index (χ0v) is 12.6. The molecule has 0 radical (unpaired) electrons. The summed E-state index contributed by atoms with van der Waals surface area (Å²) in [5, 5.41) is 8.34. The maximum atomic E-state index is 13.8. The molecule has 1 atom stereocenters. The fourth-order valence-electron chi connectivity index (χ4n) is 3.36. The van der Waals surface area contributed by atoms with Crippen molar-refractivity contribution < 1.29 is 8.78 Å². The fraction of sp³-hybridized carbons (Fsp3) is 0.222. The first-order valence-electron chi connectivity index (χ1n) is 7.59. The summed E-state index contributed by atoms with van der Waals surface area (Å²) >= 11 is 0. The first-order valence-corrected chi connectivity index (χ1v) is 7.59. The highest BCUT2D eigenvalue weighted by Gasteiger charge is 2.26. The standard InChI is InChI=1S/C18H15F2N3/c1-11-21-22-18-9-8-15(12-2-4-13(19)5-3-12)16-7-6-14(20)10-17(16)23(11)18/h2-7,10,15H,8-9H2,1H3/t15-/m1/s1. The van der Waals surface area contributed by atoms with Crippen LogP contribution in [0.1, 0.15) is 35.1 Å². The number of aryl methyl sites for hydroxylation is 2. The Hall–Kier alpha value is -2.56. The summed E-state index contributed by atoms with van der Waals surface area (Å²) in [6.45, 7) is 1.86. The van der Waals surface area contributed by atoms with E-state index in [-0.39, 0.29) is 17.6 Å². The molecule has 23 heavy (non-hydrogen) atoms. The van der Waals surface area contributed by atoms with E-state index in [9.17, 15) is 8.78 Å². The summed E-state index contributed by atoms with van der Waals surface area (Å²) < 4.78 is 29.0. The predicted octanol–water partition coefficient (Wildman–Crippen LogP) is 3.93. The second-order valence-electron chi connectivity index (χ2n) is 5.84. The molecule has 5 heteroatoms. The summed E-state index contributed by atoms with van der Waals surface area (Å²) in [6, 6.07) is 11.3. The molecule has 0 fully saturated rings. The Labute approximate surface area is 132 Å². The molecular weight excluding hydrogens is 296 g/mol. The van der Waals surface area contributed by atoms with Gasteiger partial charge in [0.15, 0.2) is 0 Å². The summed E-state index contributed by atoms with van der Waals surface area (Å²) in [7, 11) is 0. The molecule has 0 amide bonds. The van der Waals surface area contributed by atoms with Gasteiger partial charge in [-0.2, -0.15) is 0 Å². The van der Waals surface area contributed by atoms with Crippen molar-refractivity contribution in [3.8, 4) is 5.69 Å². The van der Waals surface area contributed by atoms with E-state index in [0.29, 0.717) is 0 Å². The lowest BCUT2D eigenvalue weighted by atomic mass is 9.87. The van der Waals surface area contributed by atoms with Crippen molar-refractivity contribution in [2.45, 2.75) is 25.7 Å². The number of hydrogen-bond donors (Lipinski definition) is 0. The van der Waals surface area contributed by atoms with Crippen LogP contribution in [0.4, 0.5) is 8.78 Å². The lowest BCUT2D eigenvalue weighted by Gasteiger charge is -2.18. The SMILES string of the molecule is Cc1nnc2n1-c1cc(F)ccc1[C@@H](c1ccc(F)cc1)CC2. The maximum Gasteiger partial charge on any atom is 0.137 e. The Morgan fingerprint density at radius 1 is 1.00 bits per heavy atom. The molecule has 116 valence electrons. The third kappa shape index (κ3) is 2.32. The van der Waals surface area contributed by atoms with Crippen molar-refractivity contribution in [3.05, 3.63) is 76.9 Å². The number of aromatic nitrogens is 3. The minimum atomic E-state index is -0.289. The van der Waals surface area contributed by atoms with E-state index in [1.54, 1.807) is 12.1 Å². The zero-order chi connectivity index (χ0) is 16.0. The number of hydrogen-bond acceptors (Lipinski definition) is 2. The number of rotatable bonds is 1. The molecule has 0 N–H and O–H groups in total. The van der Waals surface area contributed by atoms with Crippen LogP contribution >= 0.6 is 0 Å². The van der Waals surface area contributed by atoms with Crippen LogP contribution in [0.2, 0.25) is 0 Å². The Kier molecular flexibility index (Phi) is 3.22. The van der Waals surface area contributed by atoms with Crippen LogP contribution in [-0.4, -0.2) is 14.8 Å². The first kappa shape index (κ1) is 14.1. The molecule has 1 aliphatic rings. The quantitative estimate of drug-likeness (QED) is 0.681. The van der Waals surface area contributed by atoms with E-state index in [4.69, 9.17) is 0 Å². The largest absolute Gasteiger partial charge is 0.283 e. The van der Waals surface area contributed by atoms with Gasteiger partial charge < -0.3 is 0 Å². The predicted molar refractivity (Wildman–Crippen MR) is 82.6 cm³/mol.